The molecule has 14 heteroatoms. The van der Waals surface area contributed by atoms with E-state index in [1.54, 1.807) is 12.1 Å². The highest BCUT2D eigenvalue weighted by atomic mass is 35.5. The number of rotatable bonds is 8. The van der Waals surface area contributed by atoms with E-state index in [0.717, 1.165) is 16.6 Å². The molecule has 1 N–H and O–H groups in total. The number of amides is 1. The van der Waals surface area contributed by atoms with Crippen LogP contribution in [-0.4, -0.2) is 47.5 Å². The zero-order valence-corrected chi connectivity index (χ0v) is 22.8. The van der Waals surface area contributed by atoms with Crippen LogP contribution >= 0.6 is 11.6 Å². The molecule has 0 atom stereocenters. The Morgan fingerprint density at radius 3 is 2.54 bits per heavy atom. The number of fused-ring (bicyclic) bond motifs is 1. The zero-order chi connectivity index (χ0) is 28.7. The average Bonchev–Trinajstić information content (AvgIpc) is 3.21. The van der Waals surface area contributed by atoms with Gasteiger partial charge in [-0.15, -0.1) is 0 Å². The first-order valence-corrected chi connectivity index (χ1v) is 13.8. The second-order valence-corrected chi connectivity index (χ2v) is 12.0. The molecular formula is C25H25ClF2N4O6S. The Labute approximate surface area is 228 Å². The van der Waals surface area contributed by atoms with E-state index in [-0.39, 0.29) is 48.4 Å². The van der Waals surface area contributed by atoms with Gasteiger partial charge in [-0.05, 0) is 43.7 Å². The van der Waals surface area contributed by atoms with Crippen molar-refractivity contribution in [1.29, 1.82) is 0 Å². The van der Waals surface area contributed by atoms with Crippen LogP contribution in [0, 0.1) is 11.6 Å². The summed E-state index contributed by atoms with van der Waals surface area (Å²) >= 11 is 6.16. The molecule has 10 nitrogen and oxygen atoms in total. The van der Waals surface area contributed by atoms with Gasteiger partial charge in [0, 0.05) is 11.6 Å². The molecule has 2 aromatic carbocycles. The second-order valence-electron chi connectivity index (χ2n) is 9.71. The normalized spacial score (nSPS) is 13.5. The first-order valence-electron chi connectivity index (χ1n) is 11.6. The van der Waals surface area contributed by atoms with Crippen molar-refractivity contribution < 1.29 is 31.8 Å². The van der Waals surface area contributed by atoms with Crippen molar-refractivity contribution in [2.24, 2.45) is 0 Å². The van der Waals surface area contributed by atoms with E-state index >= 15 is 0 Å². The van der Waals surface area contributed by atoms with Crippen LogP contribution in [0.25, 0.3) is 0 Å². The highest BCUT2D eigenvalue weighted by Gasteiger charge is 2.36. The largest absolute Gasteiger partial charge is 0.471 e. The number of sulfonamides is 1. The van der Waals surface area contributed by atoms with Crippen LogP contribution in [0.1, 0.15) is 31.4 Å². The van der Waals surface area contributed by atoms with E-state index in [0.29, 0.717) is 17.3 Å². The minimum atomic E-state index is -3.71. The fourth-order valence-electron chi connectivity index (χ4n) is 3.98. The monoisotopic (exact) mass is 582 g/mol. The maximum absolute atomic E-state index is 13.9. The number of anilines is 2. The van der Waals surface area contributed by atoms with Gasteiger partial charge in [-0.2, -0.15) is 0 Å². The summed E-state index contributed by atoms with van der Waals surface area (Å²) in [6.07, 6.45) is 1.96. The Bertz CT molecular complexity index is 1610. The van der Waals surface area contributed by atoms with Gasteiger partial charge in [0.25, 0.3) is 5.56 Å². The molecule has 1 aliphatic heterocycles. The molecule has 0 saturated heterocycles. The molecule has 4 rings (SSSR count). The predicted octanol–water partition coefficient (Wildman–Crippen LogP) is 3.03. The van der Waals surface area contributed by atoms with Crippen molar-refractivity contribution in [2.75, 3.05) is 22.1 Å². The Kier molecular flexibility index (Phi) is 7.70. The Morgan fingerprint density at radius 2 is 1.90 bits per heavy atom. The third kappa shape index (κ3) is 6.37. The number of ether oxygens (including phenoxy) is 1. The standard InChI is InChI=1S/C25H25ClF2N4O6S/c1-25(2,35)10-21(33)31-14-32(39(3,36)37)19-7-4-15(8-20(19)31)11-30-13-29-23(22(26)24(30)34)38-12-16-5-6-17(27)9-18(16)28/h4-9,13,35H,10-12,14H2,1-3H3. The van der Waals surface area contributed by atoms with E-state index in [2.05, 4.69) is 4.98 Å². The minimum Gasteiger partial charge on any atom is -0.471 e. The Hall–Kier alpha value is -3.55. The van der Waals surface area contributed by atoms with E-state index < -0.39 is 38.7 Å². The van der Waals surface area contributed by atoms with Gasteiger partial charge < -0.3 is 9.84 Å². The molecule has 39 heavy (non-hydrogen) atoms. The molecule has 1 aliphatic rings. The van der Waals surface area contributed by atoms with Crippen molar-refractivity contribution in [1.82, 2.24) is 9.55 Å². The number of hydrogen-bond donors (Lipinski definition) is 1. The lowest BCUT2D eigenvalue weighted by atomic mass is 10.0. The fraction of sp³-hybridized carbons (Fsp3) is 0.320. The second kappa shape index (κ2) is 10.5. The number of carbonyl (C=O) groups is 1. The van der Waals surface area contributed by atoms with Gasteiger partial charge >= 0.3 is 0 Å². The molecule has 0 spiro atoms. The van der Waals surface area contributed by atoms with Crippen molar-refractivity contribution in [3.63, 3.8) is 0 Å². The van der Waals surface area contributed by atoms with Crippen LogP contribution in [0.3, 0.4) is 0 Å². The highest BCUT2D eigenvalue weighted by Crippen LogP contribution is 2.39. The van der Waals surface area contributed by atoms with E-state index in [9.17, 15) is 31.9 Å². The van der Waals surface area contributed by atoms with Crippen LogP contribution < -0.4 is 19.5 Å². The van der Waals surface area contributed by atoms with Gasteiger partial charge in [0.05, 0.1) is 36.2 Å². The third-order valence-corrected chi connectivity index (χ3v) is 7.27. The SMILES string of the molecule is CC(C)(O)CC(=O)N1CN(S(C)(=O)=O)c2ccc(Cn3cnc(OCc4ccc(F)cc4F)c(Cl)c3=O)cc21. The van der Waals surface area contributed by atoms with Gasteiger partial charge in [-0.25, -0.2) is 26.5 Å². The Morgan fingerprint density at radius 1 is 1.18 bits per heavy atom. The van der Waals surface area contributed by atoms with Gasteiger partial charge in [-0.3, -0.25) is 19.1 Å². The van der Waals surface area contributed by atoms with E-state index in [1.807, 2.05) is 0 Å². The van der Waals surface area contributed by atoms with Gasteiger partial charge in [0.15, 0.2) is 5.02 Å². The first kappa shape index (κ1) is 28.5. The predicted molar refractivity (Wildman–Crippen MR) is 140 cm³/mol. The maximum Gasteiger partial charge on any atom is 0.276 e. The molecule has 208 valence electrons. The van der Waals surface area contributed by atoms with Crippen molar-refractivity contribution in [2.45, 2.75) is 39.0 Å². The Balaban J connectivity index is 1.59. The topological polar surface area (TPSA) is 122 Å². The summed E-state index contributed by atoms with van der Waals surface area (Å²) in [5.41, 5.74) is -0.800. The third-order valence-electron chi connectivity index (χ3n) is 5.84. The number of hydrogen-bond acceptors (Lipinski definition) is 7. The summed E-state index contributed by atoms with van der Waals surface area (Å²) in [5, 5.41) is 9.74. The zero-order valence-electron chi connectivity index (χ0n) is 21.2. The molecule has 0 unspecified atom stereocenters. The summed E-state index contributed by atoms with van der Waals surface area (Å²) < 4.78 is 59.3. The van der Waals surface area contributed by atoms with Gasteiger partial charge in [0.1, 0.15) is 31.2 Å². The molecule has 2 heterocycles. The molecule has 0 radical (unpaired) electrons. The van der Waals surface area contributed by atoms with Crippen molar-refractivity contribution >= 4 is 38.9 Å². The van der Waals surface area contributed by atoms with Crippen LogP contribution in [0.5, 0.6) is 5.88 Å². The fourth-order valence-corrected chi connectivity index (χ4v) is 5.03. The molecule has 1 amide bonds. The molecular weight excluding hydrogens is 558 g/mol. The average molecular weight is 583 g/mol. The number of halogens is 3. The maximum atomic E-state index is 13.9. The van der Waals surface area contributed by atoms with Crippen LogP contribution in [0.4, 0.5) is 20.2 Å². The lowest BCUT2D eigenvalue weighted by Crippen LogP contribution is -2.40. The molecule has 3 aromatic rings. The number of nitrogens with zero attached hydrogens (tertiary/aromatic N) is 4. The first-order chi connectivity index (χ1) is 18.1. The molecule has 0 saturated carbocycles. The lowest BCUT2D eigenvalue weighted by Gasteiger charge is -2.23. The van der Waals surface area contributed by atoms with Crippen LogP contribution in [0.2, 0.25) is 5.02 Å². The van der Waals surface area contributed by atoms with Crippen molar-refractivity contribution in [3.05, 3.63) is 80.9 Å². The number of carbonyl (C=O) groups excluding carboxylic acids is 1. The molecule has 0 fully saturated rings. The summed E-state index contributed by atoms with van der Waals surface area (Å²) in [6, 6.07) is 7.68. The summed E-state index contributed by atoms with van der Waals surface area (Å²) in [4.78, 5) is 31.1. The lowest BCUT2D eigenvalue weighted by molar-refractivity contribution is -0.122. The van der Waals surface area contributed by atoms with Crippen LogP contribution in [-0.2, 0) is 28.0 Å². The quantitative estimate of drug-likeness (QED) is 0.433. The van der Waals surface area contributed by atoms with Gasteiger partial charge in [-0.1, -0.05) is 17.7 Å². The summed E-state index contributed by atoms with van der Waals surface area (Å²) in [6.45, 7) is 2.33. The number of aromatic nitrogens is 2. The van der Waals surface area contributed by atoms with Crippen molar-refractivity contribution in [3.8, 4) is 5.88 Å². The van der Waals surface area contributed by atoms with E-state index in [4.69, 9.17) is 16.3 Å². The minimum absolute atomic E-state index is 0.0297. The molecule has 0 aliphatic carbocycles. The smallest absolute Gasteiger partial charge is 0.276 e. The van der Waals surface area contributed by atoms with Gasteiger partial charge in [0.2, 0.25) is 21.8 Å². The summed E-state index contributed by atoms with van der Waals surface area (Å²) in [5.74, 6) is -2.27. The summed E-state index contributed by atoms with van der Waals surface area (Å²) in [7, 11) is -3.71. The van der Waals surface area contributed by atoms with E-state index in [1.165, 1.54) is 41.8 Å². The highest BCUT2D eigenvalue weighted by molar-refractivity contribution is 7.92. The molecule has 1 aromatic heterocycles. The number of benzene rings is 2. The van der Waals surface area contributed by atoms with Crippen LogP contribution in [0.15, 0.2) is 47.5 Å². The molecule has 0 bridgehead atoms. The number of aliphatic hydroxyl groups is 1.